The normalized spacial score (nSPS) is 24.3. The third-order valence-electron chi connectivity index (χ3n) is 3.92. The topological polar surface area (TPSA) is 41.9 Å². The number of aromatic nitrogens is 2. The Morgan fingerprint density at radius 2 is 2.18 bits per heavy atom. The molecule has 1 atom stereocenters. The van der Waals surface area contributed by atoms with Gasteiger partial charge in [-0.05, 0) is 37.4 Å². The summed E-state index contributed by atoms with van der Waals surface area (Å²) in [5.74, 6) is 0.539. The molecule has 1 aromatic rings. The van der Waals surface area contributed by atoms with Crippen molar-refractivity contribution in [3.8, 4) is 0 Å². The molecule has 0 amide bonds. The Morgan fingerprint density at radius 3 is 2.88 bits per heavy atom. The average Bonchev–Trinajstić information content (AvgIpc) is 2.95. The van der Waals surface area contributed by atoms with Gasteiger partial charge in [-0.2, -0.15) is 5.10 Å². The van der Waals surface area contributed by atoms with Crippen molar-refractivity contribution >= 4 is 0 Å². The first-order valence-corrected chi connectivity index (χ1v) is 6.79. The van der Waals surface area contributed by atoms with Crippen molar-refractivity contribution in [1.82, 2.24) is 20.4 Å². The first-order chi connectivity index (χ1) is 8.27. The van der Waals surface area contributed by atoms with Gasteiger partial charge in [0.25, 0.3) is 0 Å². The quantitative estimate of drug-likeness (QED) is 0.807. The maximum Gasteiger partial charge on any atom is 0.0685 e. The molecular formula is C13H22N4. The summed E-state index contributed by atoms with van der Waals surface area (Å²) in [5.41, 5.74) is 4.28. The van der Waals surface area contributed by atoms with Crippen molar-refractivity contribution in [2.24, 2.45) is 0 Å². The number of nitrogens with zero attached hydrogens (tertiary/aromatic N) is 2. The lowest BCUT2D eigenvalue weighted by Gasteiger charge is -2.18. The lowest BCUT2D eigenvalue weighted by molar-refractivity contribution is 0.452. The largest absolute Gasteiger partial charge is 0.315 e. The Bertz CT molecular complexity index is 402. The fraction of sp³-hybridized carbons (Fsp3) is 0.769. The highest BCUT2D eigenvalue weighted by Crippen LogP contribution is 2.28. The van der Waals surface area contributed by atoms with Crippen LogP contribution in [0.4, 0.5) is 0 Å². The van der Waals surface area contributed by atoms with Crippen LogP contribution in [0.25, 0.3) is 0 Å². The van der Waals surface area contributed by atoms with Crippen LogP contribution in [0.2, 0.25) is 0 Å². The summed E-state index contributed by atoms with van der Waals surface area (Å²) in [6.07, 6.45) is 2.36. The van der Waals surface area contributed by atoms with Gasteiger partial charge in [-0.15, -0.1) is 0 Å². The molecule has 17 heavy (non-hydrogen) atoms. The first-order valence-electron chi connectivity index (χ1n) is 6.79. The predicted octanol–water partition coefficient (Wildman–Crippen LogP) is 1.19. The van der Waals surface area contributed by atoms with Gasteiger partial charge in [-0.3, -0.25) is 4.68 Å². The molecule has 1 saturated heterocycles. The van der Waals surface area contributed by atoms with E-state index in [-0.39, 0.29) is 0 Å². The van der Waals surface area contributed by atoms with E-state index in [4.69, 9.17) is 5.10 Å². The van der Waals surface area contributed by atoms with Crippen LogP contribution < -0.4 is 10.6 Å². The summed E-state index contributed by atoms with van der Waals surface area (Å²) in [6.45, 7) is 8.80. The van der Waals surface area contributed by atoms with Crippen molar-refractivity contribution in [3.63, 3.8) is 0 Å². The second kappa shape index (κ2) is 4.42. The standard InChI is InChI=1S/C13H22N4/c1-9(2)13-11-4-6-15-8-12(11)17(16-13)10-3-5-14-7-10/h9-10,14-15H,3-8H2,1-2H3. The van der Waals surface area contributed by atoms with Gasteiger partial charge < -0.3 is 10.6 Å². The zero-order valence-corrected chi connectivity index (χ0v) is 10.8. The number of hydrogen-bond donors (Lipinski definition) is 2. The summed E-state index contributed by atoms with van der Waals surface area (Å²) in [7, 11) is 0. The minimum atomic E-state index is 0.539. The molecular weight excluding hydrogens is 212 g/mol. The van der Waals surface area contributed by atoms with E-state index < -0.39 is 0 Å². The number of hydrogen-bond acceptors (Lipinski definition) is 3. The van der Waals surface area contributed by atoms with Crippen molar-refractivity contribution in [2.45, 2.75) is 45.2 Å². The Hall–Kier alpha value is -0.870. The smallest absolute Gasteiger partial charge is 0.0685 e. The van der Waals surface area contributed by atoms with E-state index in [2.05, 4.69) is 29.2 Å². The average molecular weight is 234 g/mol. The van der Waals surface area contributed by atoms with Gasteiger partial charge in [0.2, 0.25) is 0 Å². The highest BCUT2D eigenvalue weighted by atomic mass is 15.3. The molecule has 2 N–H and O–H groups in total. The van der Waals surface area contributed by atoms with Gasteiger partial charge in [0.15, 0.2) is 0 Å². The molecule has 3 heterocycles. The van der Waals surface area contributed by atoms with Gasteiger partial charge >= 0.3 is 0 Å². The molecule has 94 valence electrons. The molecule has 1 unspecified atom stereocenters. The second-order valence-corrected chi connectivity index (χ2v) is 5.48. The SMILES string of the molecule is CC(C)c1nn(C2CCNC2)c2c1CCNC2. The van der Waals surface area contributed by atoms with E-state index in [1.807, 2.05) is 0 Å². The molecule has 4 nitrogen and oxygen atoms in total. The molecule has 0 aliphatic carbocycles. The van der Waals surface area contributed by atoms with Crippen LogP contribution in [0, 0.1) is 0 Å². The lowest BCUT2D eigenvalue weighted by atomic mass is 9.99. The van der Waals surface area contributed by atoms with Crippen LogP contribution in [-0.4, -0.2) is 29.4 Å². The van der Waals surface area contributed by atoms with E-state index in [1.165, 1.54) is 23.4 Å². The highest BCUT2D eigenvalue weighted by molar-refractivity contribution is 5.31. The monoisotopic (exact) mass is 234 g/mol. The number of fused-ring (bicyclic) bond motifs is 1. The van der Waals surface area contributed by atoms with Gasteiger partial charge in [0.1, 0.15) is 0 Å². The Kier molecular flexibility index (Phi) is 2.92. The van der Waals surface area contributed by atoms with Crippen LogP contribution in [0.1, 0.15) is 49.2 Å². The van der Waals surface area contributed by atoms with E-state index in [9.17, 15) is 0 Å². The van der Waals surface area contributed by atoms with E-state index in [0.717, 1.165) is 32.6 Å². The molecule has 0 radical (unpaired) electrons. The van der Waals surface area contributed by atoms with Crippen molar-refractivity contribution in [1.29, 1.82) is 0 Å². The number of rotatable bonds is 2. The fourth-order valence-electron chi connectivity index (χ4n) is 3.02. The third kappa shape index (κ3) is 1.89. The van der Waals surface area contributed by atoms with Gasteiger partial charge in [-0.25, -0.2) is 0 Å². The van der Waals surface area contributed by atoms with E-state index in [0.29, 0.717) is 12.0 Å². The van der Waals surface area contributed by atoms with Crippen LogP contribution in [0.3, 0.4) is 0 Å². The second-order valence-electron chi connectivity index (χ2n) is 5.48. The third-order valence-corrected chi connectivity index (χ3v) is 3.92. The Labute approximate surface area is 103 Å². The number of nitrogens with one attached hydrogen (secondary N) is 2. The van der Waals surface area contributed by atoms with Crippen LogP contribution in [-0.2, 0) is 13.0 Å². The van der Waals surface area contributed by atoms with Gasteiger partial charge in [0, 0.05) is 13.1 Å². The summed E-state index contributed by atoms with van der Waals surface area (Å²) in [5, 5.41) is 11.8. The highest BCUT2D eigenvalue weighted by Gasteiger charge is 2.27. The maximum absolute atomic E-state index is 4.91. The van der Waals surface area contributed by atoms with Crippen LogP contribution in [0.5, 0.6) is 0 Å². The molecule has 2 aliphatic rings. The lowest BCUT2D eigenvalue weighted by Crippen LogP contribution is -2.27. The van der Waals surface area contributed by atoms with Crippen molar-refractivity contribution < 1.29 is 0 Å². The molecule has 3 rings (SSSR count). The zero-order valence-electron chi connectivity index (χ0n) is 10.8. The maximum atomic E-state index is 4.91. The van der Waals surface area contributed by atoms with Crippen molar-refractivity contribution in [3.05, 3.63) is 17.0 Å². The zero-order chi connectivity index (χ0) is 11.8. The van der Waals surface area contributed by atoms with Gasteiger partial charge in [-0.1, -0.05) is 13.8 Å². The predicted molar refractivity (Wildman–Crippen MR) is 68.3 cm³/mol. The first kappa shape index (κ1) is 11.2. The molecule has 0 saturated carbocycles. The summed E-state index contributed by atoms with van der Waals surface area (Å²) in [6, 6.07) is 0.566. The van der Waals surface area contributed by atoms with E-state index >= 15 is 0 Å². The molecule has 0 spiro atoms. The minimum absolute atomic E-state index is 0.539. The molecule has 0 aromatic carbocycles. The summed E-state index contributed by atoms with van der Waals surface area (Å²) in [4.78, 5) is 0. The van der Waals surface area contributed by atoms with Crippen molar-refractivity contribution in [2.75, 3.05) is 19.6 Å². The van der Waals surface area contributed by atoms with Crippen LogP contribution in [0.15, 0.2) is 0 Å². The molecule has 2 aliphatic heterocycles. The minimum Gasteiger partial charge on any atom is -0.315 e. The molecule has 4 heteroatoms. The van der Waals surface area contributed by atoms with Gasteiger partial charge in [0.05, 0.1) is 17.4 Å². The fourth-order valence-corrected chi connectivity index (χ4v) is 3.02. The summed E-state index contributed by atoms with van der Waals surface area (Å²) < 4.78 is 2.30. The molecule has 1 aromatic heterocycles. The molecule has 1 fully saturated rings. The summed E-state index contributed by atoms with van der Waals surface area (Å²) >= 11 is 0. The Morgan fingerprint density at radius 1 is 1.29 bits per heavy atom. The van der Waals surface area contributed by atoms with Crippen LogP contribution >= 0.6 is 0 Å². The molecule has 0 bridgehead atoms. The van der Waals surface area contributed by atoms with E-state index in [1.54, 1.807) is 0 Å². The Balaban J connectivity index is 2.02.